The number of anilines is 1. The van der Waals surface area contributed by atoms with Crippen molar-refractivity contribution >= 4 is 23.3 Å². The van der Waals surface area contributed by atoms with Crippen LogP contribution in [0.2, 0.25) is 5.02 Å². The number of rotatable bonds is 6. The van der Waals surface area contributed by atoms with Gasteiger partial charge in [0, 0.05) is 11.2 Å². The average Bonchev–Trinajstić information content (AvgIpc) is 2.71. The van der Waals surface area contributed by atoms with Crippen molar-refractivity contribution in [1.82, 2.24) is 4.98 Å². The van der Waals surface area contributed by atoms with Gasteiger partial charge in [-0.3, -0.25) is 9.69 Å². The second-order valence-electron chi connectivity index (χ2n) is 6.66. The summed E-state index contributed by atoms with van der Waals surface area (Å²) in [5.74, 6) is 1.09. The maximum atomic E-state index is 13.3. The van der Waals surface area contributed by atoms with E-state index in [-0.39, 0.29) is 5.91 Å². The normalized spacial score (nSPS) is 11.7. The van der Waals surface area contributed by atoms with E-state index in [1.807, 2.05) is 68.4 Å². The minimum Gasteiger partial charge on any atom is -0.481 e. The molecule has 28 heavy (non-hydrogen) atoms. The average molecular weight is 395 g/mol. The van der Waals surface area contributed by atoms with Crippen molar-refractivity contribution in [3.05, 3.63) is 88.6 Å². The van der Waals surface area contributed by atoms with Gasteiger partial charge >= 0.3 is 0 Å². The van der Waals surface area contributed by atoms with Crippen molar-refractivity contribution in [3.63, 3.8) is 0 Å². The van der Waals surface area contributed by atoms with Crippen LogP contribution in [-0.2, 0) is 11.3 Å². The topological polar surface area (TPSA) is 42.4 Å². The van der Waals surface area contributed by atoms with Gasteiger partial charge in [0.25, 0.3) is 5.91 Å². The number of pyridine rings is 1. The third-order valence-electron chi connectivity index (χ3n) is 4.68. The highest BCUT2D eigenvalue weighted by molar-refractivity contribution is 6.31. The van der Waals surface area contributed by atoms with Crippen molar-refractivity contribution in [2.45, 2.75) is 33.4 Å². The van der Waals surface area contributed by atoms with E-state index in [1.54, 1.807) is 24.1 Å². The first-order chi connectivity index (χ1) is 13.5. The van der Waals surface area contributed by atoms with E-state index in [0.717, 1.165) is 16.7 Å². The number of carbonyl (C=O) groups is 1. The lowest BCUT2D eigenvalue weighted by atomic mass is 10.1. The van der Waals surface area contributed by atoms with Crippen molar-refractivity contribution in [3.8, 4) is 5.75 Å². The van der Waals surface area contributed by atoms with E-state index >= 15 is 0 Å². The third kappa shape index (κ3) is 4.52. The van der Waals surface area contributed by atoms with Crippen molar-refractivity contribution in [2.24, 2.45) is 0 Å². The van der Waals surface area contributed by atoms with Gasteiger partial charge in [-0.25, -0.2) is 4.98 Å². The van der Waals surface area contributed by atoms with Gasteiger partial charge in [0.2, 0.25) is 0 Å². The predicted octanol–water partition coefficient (Wildman–Crippen LogP) is 5.35. The van der Waals surface area contributed by atoms with Crippen LogP contribution in [0.15, 0.2) is 66.9 Å². The molecule has 4 nitrogen and oxygen atoms in total. The predicted molar refractivity (Wildman–Crippen MR) is 113 cm³/mol. The molecule has 0 N–H and O–H groups in total. The van der Waals surface area contributed by atoms with Crippen LogP contribution in [0.1, 0.15) is 23.6 Å². The molecule has 1 aromatic heterocycles. The van der Waals surface area contributed by atoms with Crippen LogP contribution < -0.4 is 9.64 Å². The number of amides is 1. The van der Waals surface area contributed by atoms with E-state index in [4.69, 9.17) is 16.3 Å². The zero-order valence-corrected chi connectivity index (χ0v) is 17.0. The molecule has 0 spiro atoms. The van der Waals surface area contributed by atoms with Gasteiger partial charge in [-0.1, -0.05) is 48.0 Å². The summed E-state index contributed by atoms with van der Waals surface area (Å²) in [5.41, 5.74) is 2.99. The number of carbonyl (C=O) groups excluding carboxylic acids is 1. The van der Waals surface area contributed by atoms with E-state index in [2.05, 4.69) is 4.98 Å². The highest BCUT2D eigenvalue weighted by Gasteiger charge is 2.25. The molecule has 1 atom stereocenters. The lowest BCUT2D eigenvalue weighted by Crippen LogP contribution is -2.40. The van der Waals surface area contributed by atoms with Crippen molar-refractivity contribution in [2.75, 3.05) is 4.90 Å². The zero-order chi connectivity index (χ0) is 20.1. The largest absolute Gasteiger partial charge is 0.481 e. The molecule has 0 fully saturated rings. The smallest absolute Gasteiger partial charge is 0.269 e. The first kappa shape index (κ1) is 19.9. The molecule has 1 heterocycles. The minimum atomic E-state index is -0.676. The molecule has 2 aromatic carbocycles. The molecule has 0 radical (unpaired) electrons. The van der Waals surface area contributed by atoms with Gasteiger partial charge in [-0.2, -0.15) is 0 Å². The number of ether oxygens (including phenoxy) is 1. The minimum absolute atomic E-state index is 0.181. The number of benzene rings is 2. The van der Waals surface area contributed by atoms with Crippen LogP contribution in [0.4, 0.5) is 5.82 Å². The fourth-order valence-electron chi connectivity index (χ4n) is 2.89. The summed E-state index contributed by atoms with van der Waals surface area (Å²) >= 11 is 6.32. The van der Waals surface area contributed by atoms with E-state index in [0.29, 0.717) is 23.1 Å². The summed E-state index contributed by atoms with van der Waals surface area (Å²) in [5, 5.41) is 0.610. The number of halogens is 1. The first-order valence-electron chi connectivity index (χ1n) is 9.16. The van der Waals surface area contributed by atoms with E-state index < -0.39 is 6.10 Å². The van der Waals surface area contributed by atoms with Crippen LogP contribution in [0.3, 0.4) is 0 Å². The van der Waals surface area contributed by atoms with Crippen molar-refractivity contribution in [1.29, 1.82) is 0 Å². The van der Waals surface area contributed by atoms with Gasteiger partial charge < -0.3 is 4.74 Å². The molecule has 0 aliphatic heterocycles. The molecule has 0 aliphatic rings. The molecule has 0 saturated heterocycles. The molecule has 144 valence electrons. The second-order valence-corrected chi connectivity index (χ2v) is 7.07. The Labute approximate surface area is 170 Å². The Kier molecular flexibility index (Phi) is 6.32. The highest BCUT2D eigenvalue weighted by atomic mass is 35.5. The summed E-state index contributed by atoms with van der Waals surface area (Å²) in [6.07, 6.45) is 0.989. The standard InChI is InChI=1S/C23H23ClN2O2/c1-16-9-8-12-21(17(16)2)28-18(3)23(27)26(22-13-6-7-14-25-22)15-19-10-4-5-11-20(19)24/h4-14,18H,15H2,1-3H3. The van der Waals surface area contributed by atoms with Crippen LogP contribution >= 0.6 is 11.6 Å². The molecular formula is C23H23ClN2O2. The van der Waals surface area contributed by atoms with Gasteiger partial charge in [0.1, 0.15) is 11.6 Å². The number of hydrogen-bond donors (Lipinski definition) is 0. The SMILES string of the molecule is Cc1cccc(OC(C)C(=O)N(Cc2ccccc2Cl)c2ccccn2)c1C. The lowest BCUT2D eigenvalue weighted by Gasteiger charge is -2.26. The Morgan fingerprint density at radius 3 is 2.54 bits per heavy atom. The Morgan fingerprint density at radius 2 is 1.82 bits per heavy atom. The summed E-state index contributed by atoms with van der Waals surface area (Å²) in [4.78, 5) is 19.2. The monoisotopic (exact) mass is 394 g/mol. The Bertz CT molecular complexity index is 960. The van der Waals surface area contributed by atoms with E-state index in [9.17, 15) is 4.79 Å². The summed E-state index contributed by atoms with van der Waals surface area (Å²) < 4.78 is 6.01. The zero-order valence-electron chi connectivity index (χ0n) is 16.2. The number of aryl methyl sites for hydroxylation is 1. The molecule has 5 heteroatoms. The number of hydrogen-bond acceptors (Lipinski definition) is 3. The Balaban J connectivity index is 1.88. The lowest BCUT2D eigenvalue weighted by molar-refractivity contribution is -0.124. The fourth-order valence-corrected chi connectivity index (χ4v) is 3.09. The van der Waals surface area contributed by atoms with E-state index in [1.165, 1.54) is 0 Å². The number of aromatic nitrogens is 1. The van der Waals surface area contributed by atoms with Crippen LogP contribution in [0.5, 0.6) is 5.75 Å². The molecule has 3 aromatic rings. The summed E-state index contributed by atoms with van der Waals surface area (Å²) in [6.45, 7) is 6.08. The van der Waals surface area contributed by atoms with Crippen LogP contribution in [-0.4, -0.2) is 17.0 Å². The molecule has 1 unspecified atom stereocenters. The molecule has 3 rings (SSSR count). The van der Waals surface area contributed by atoms with Gasteiger partial charge in [0.15, 0.2) is 6.10 Å². The quantitative estimate of drug-likeness (QED) is 0.565. The number of nitrogens with zero attached hydrogens (tertiary/aromatic N) is 2. The molecular weight excluding hydrogens is 372 g/mol. The van der Waals surface area contributed by atoms with Crippen LogP contribution in [0.25, 0.3) is 0 Å². The summed E-state index contributed by atoms with van der Waals surface area (Å²) in [7, 11) is 0. The third-order valence-corrected chi connectivity index (χ3v) is 5.05. The molecule has 0 bridgehead atoms. The highest BCUT2D eigenvalue weighted by Crippen LogP contribution is 2.24. The van der Waals surface area contributed by atoms with Gasteiger partial charge in [0.05, 0.1) is 6.54 Å². The maximum absolute atomic E-state index is 13.3. The van der Waals surface area contributed by atoms with Gasteiger partial charge in [-0.05, 0) is 61.7 Å². The summed E-state index contributed by atoms with van der Waals surface area (Å²) in [6, 6.07) is 18.8. The maximum Gasteiger partial charge on any atom is 0.269 e. The fraction of sp³-hybridized carbons (Fsp3) is 0.217. The molecule has 0 saturated carbocycles. The van der Waals surface area contributed by atoms with Crippen molar-refractivity contribution < 1.29 is 9.53 Å². The molecule has 0 aliphatic carbocycles. The van der Waals surface area contributed by atoms with Crippen LogP contribution in [0, 0.1) is 13.8 Å². The second kappa shape index (κ2) is 8.89. The molecule has 1 amide bonds. The Hall–Kier alpha value is -2.85. The first-order valence-corrected chi connectivity index (χ1v) is 9.54. The Morgan fingerprint density at radius 1 is 1.07 bits per heavy atom. The van der Waals surface area contributed by atoms with Gasteiger partial charge in [-0.15, -0.1) is 0 Å².